The molecule has 0 saturated carbocycles. The predicted molar refractivity (Wildman–Crippen MR) is 83.2 cm³/mol. The molecule has 5 heteroatoms. The molecule has 0 aliphatic heterocycles. The summed E-state index contributed by atoms with van der Waals surface area (Å²) in [4.78, 5) is 6.32. The van der Waals surface area contributed by atoms with Crippen LogP contribution in [0.15, 0.2) is 42.6 Å². The van der Waals surface area contributed by atoms with Crippen molar-refractivity contribution in [1.29, 1.82) is 0 Å². The standard InChI is InChI=1S/C15H16FN3S/c1-2-19(14-6-4-3-5-12(14)16)10-11-7-8-18-13(9-11)15(17)20/h3-9H,2,10H2,1H3,(H2,17,20). The number of aromatic nitrogens is 1. The average Bonchev–Trinajstić information content (AvgIpc) is 2.46. The third-order valence-electron chi connectivity index (χ3n) is 3.03. The fourth-order valence-corrected chi connectivity index (χ4v) is 2.11. The zero-order chi connectivity index (χ0) is 14.5. The lowest BCUT2D eigenvalue weighted by Crippen LogP contribution is -2.23. The number of rotatable bonds is 5. The Hall–Kier alpha value is -2.01. The van der Waals surface area contributed by atoms with Crippen molar-refractivity contribution in [2.24, 2.45) is 5.73 Å². The molecule has 0 aliphatic rings. The van der Waals surface area contributed by atoms with Gasteiger partial charge in [-0.1, -0.05) is 24.4 Å². The summed E-state index contributed by atoms with van der Waals surface area (Å²) >= 11 is 4.92. The smallest absolute Gasteiger partial charge is 0.146 e. The molecule has 0 bridgehead atoms. The van der Waals surface area contributed by atoms with Crippen molar-refractivity contribution >= 4 is 22.9 Å². The Morgan fingerprint density at radius 2 is 2.10 bits per heavy atom. The first-order valence-corrected chi connectivity index (χ1v) is 6.77. The van der Waals surface area contributed by atoms with Crippen LogP contribution in [0.5, 0.6) is 0 Å². The lowest BCUT2D eigenvalue weighted by molar-refractivity contribution is 0.618. The SMILES string of the molecule is CCN(Cc1ccnc(C(N)=S)c1)c1ccccc1F. The van der Waals surface area contributed by atoms with E-state index in [1.165, 1.54) is 6.07 Å². The van der Waals surface area contributed by atoms with Crippen LogP contribution in [0, 0.1) is 5.82 Å². The molecule has 1 aromatic carbocycles. The van der Waals surface area contributed by atoms with Crippen LogP contribution in [0.4, 0.5) is 10.1 Å². The summed E-state index contributed by atoms with van der Waals surface area (Å²) in [7, 11) is 0. The first kappa shape index (κ1) is 14.4. The molecule has 0 atom stereocenters. The second-order valence-corrected chi connectivity index (χ2v) is 4.82. The molecule has 0 radical (unpaired) electrons. The predicted octanol–water partition coefficient (Wildman–Crippen LogP) is 2.88. The van der Waals surface area contributed by atoms with Crippen LogP contribution in [0.1, 0.15) is 18.2 Å². The monoisotopic (exact) mass is 289 g/mol. The summed E-state index contributed by atoms with van der Waals surface area (Å²) < 4.78 is 13.8. The first-order chi connectivity index (χ1) is 9.61. The maximum absolute atomic E-state index is 13.8. The van der Waals surface area contributed by atoms with E-state index in [1.807, 2.05) is 30.0 Å². The number of hydrogen-bond donors (Lipinski definition) is 1. The number of pyridine rings is 1. The first-order valence-electron chi connectivity index (χ1n) is 6.36. The Balaban J connectivity index is 2.25. The lowest BCUT2D eigenvalue weighted by Gasteiger charge is -2.23. The number of hydrogen-bond acceptors (Lipinski definition) is 3. The van der Waals surface area contributed by atoms with E-state index in [4.69, 9.17) is 18.0 Å². The van der Waals surface area contributed by atoms with E-state index >= 15 is 0 Å². The summed E-state index contributed by atoms with van der Waals surface area (Å²) in [6, 6.07) is 10.5. The van der Waals surface area contributed by atoms with E-state index in [2.05, 4.69) is 4.98 Å². The highest BCUT2D eigenvalue weighted by Crippen LogP contribution is 2.20. The molecule has 2 aromatic rings. The summed E-state index contributed by atoms with van der Waals surface area (Å²) in [5, 5.41) is 0. The molecule has 0 unspecified atom stereocenters. The molecule has 0 saturated heterocycles. The Kier molecular flexibility index (Phi) is 4.63. The van der Waals surface area contributed by atoms with Crippen molar-refractivity contribution in [1.82, 2.24) is 4.98 Å². The fraction of sp³-hybridized carbons (Fsp3) is 0.200. The van der Waals surface area contributed by atoms with Gasteiger partial charge in [0.2, 0.25) is 0 Å². The van der Waals surface area contributed by atoms with Gasteiger partial charge in [0, 0.05) is 19.3 Å². The van der Waals surface area contributed by atoms with Gasteiger partial charge in [0.15, 0.2) is 0 Å². The average molecular weight is 289 g/mol. The van der Waals surface area contributed by atoms with E-state index in [9.17, 15) is 4.39 Å². The van der Waals surface area contributed by atoms with Crippen LogP contribution < -0.4 is 10.6 Å². The molecule has 0 fully saturated rings. The van der Waals surface area contributed by atoms with Gasteiger partial charge >= 0.3 is 0 Å². The van der Waals surface area contributed by atoms with Crippen molar-refractivity contribution in [2.75, 3.05) is 11.4 Å². The Bertz CT molecular complexity index is 616. The number of anilines is 1. The van der Waals surface area contributed by atoms with Crippen molar-refractivity contribution in [3.63, 3.8) is 0 Å². The molecule has 3 nitrogen and oxygen atoms in total. The highest BCUT2D eigenvalue weighted by Gasteiger charge is 2.10. The number of halogens is 1. The van der Waals surface area contributed by atoms with Gasteiger partial charge in [0.05, 0.1) is 11.4 Å². The molecule has 2 rings (SSSR count). The normalized spacial score (nSPS) is 10.3. The summed E-state index contributed by atoms with van der Waals surface area (Å²) in [6.07, 6.45) is 1.67. The number of benzene rings is 1. The number of para-hydroxylation sites is 1. The van der Waals surface area contributed by atoms with Gasteiger partial charge in [-0.2, -0.15) is 0 Å². The third kappa shape index (κ3) is 3.30. The van der Waals surface area contributed by atoms with Crippen LogP contribution in [0.25, 0.3) is 0 Å². The highest BCUT2D eigenvalue weighted by atomic mass is 32.1. The summed E-state index contributed by atoms with van der Waals surface area (Å²) in [5.41, 5.74) is 7.74. The Morgan fingerprint density at radius 3 is 2.75 bits per heavy atom. The van der Waals surface area contributed by atoms with Gasteiger partial charge in [0.25, 0.3) is 0 Å². The maximum Gasteiger partial charge on any atom is 0.146 e. The minimum Gasteiger partial charge on any atom is -0.388 e. The minimum atomic E-state index is -0.224. The highest BCUT2D eigenvalue weighted by molar-refractivity contribution is 7.80. The van der Waals surface area contributed by atoms with Crippen LogP contribution in [0.3, 0.4) is 0 Å². The van der Waals surface area contributed by atoms with Gasteiger partial charge in [0.1, 0.15) is 10.8 Å². The summed E-state index contributed by atoms with van der Waals surface area (Å²) in [6.45, 7) is 3.27. The van der Waals surface area contributed by atoms with Crippen molar-refractivity contribution in [3.05, 3.63) is 59.7 Å². The maximum atomic E-state index is 13.8. The molecule has 0 spiro atoms. The molecule has 0 amide bonds. The minimum absolute atomic E-state index is 0.224. The lowest BCUT2D eigenvalue weighted by atomic mass is 10.2. The van der Waals surface area contributed by atoms with E-state index in [0.717, 1.165) is 5.56 Å². The largest absolute Gasteiger partial charge is 0.388 e. The quantitative estimate of drug-likeness (QED) is 0.859. The van der Waals surface area contributed by atoms with Gasteiger partial charge in [-0.25, -0.2) is 4.39 Å². The molecule has 104 valence electrons. The van der Waals surface area contributed by atoms with Crippen molar-refractivity contribution in [2.45, 2.75) is 13.5 Å². The van der Waals surface area contributed by atoms with E-state index in [0.29, 0.717) is 24.5 Å². The molecule has 1 aromatic heterocycles. The molecule has 2 N–H and O–H groups in total. The molecule has 1 heterocycles. The van der Waals surface area contributed by atoms with E-state index in [-0.39, 0.29) is 10.8 Å². The zero-order valence-electron chi connectivity index (χ0n) is 11.2. The number of thiocarbonyl (C=S) groups is 1. The zero-order valence-corrected chi connectivity index (χ0v) is 12.0. The topological polar surface area (TPSA) is 42.2 Å². The van der Waals surface area contributed by atoms with Crippen LogP contribution in [0.2, 0.25) is 0 Å². The van der Waals surface area contributed by atoms with E-state index < -0.39 is 0 Å². The molecular weight excluding hydrogens is 273 g/mol. The second kappa shape index (κ2) is 6.43. The van der Waals surface area contributed by atoms with Gasteiger partial charge in [-0.05, 0) is 36.8 Å². The Morgan fingerprint density at radius 1 is 1.35 bits per heavy atom. The Labute approximate surface area is 123 Å². The van der Waals surface area contributed by atoms with E-state index in [1.54, 1.807) is 18.3 Å². The van der Waals surface area contributed by atoms with Crippen LogP contribution in [-0.2, 0) is 6.54 Å². The van der Waals surface area contributed by atoms with Crippen molar-refractivity contribution in [3.8, 4) is 0 Å². The molecular formula is C15H16FN3S. The van der Waals surface area contributed by atoms with Crippen LogP contribution in [-0.4, -0.2) is 16.5 Å². The third-order valence-corrected chi connectivity index (χ3v) is 3.23. The fourth-order valence-electron chi connectivity index (χ4n) is 2.00. The van der Waals surface area contributed by atoms with Crippen molar-refractivity contribution < 1.29 is 4.39 Å². The van der Waals surface area contributed by atoms with Gasteiger partial charge in [-0.15, -0.1) is 0 Å². The summed E-state index contributed by atoms with van der Waals surface area (Å²) in [5.74, 6) is -0.224. The molecule has 20 heavy (non-hydrogen) atoms. The number of nitrogens with two attached hydrogens (primary N) is 1. The molecule has 0 aliphatic carbocycles. The van der Waals surface area contributed by atoms with Crippen LogP contribution >= 0.6 is 12.2 Å². The number of nitrogens with zero attached hydrogens (tertiary/aromatic N) is 2. The second-order valence-electron chi connectivity index (χ2n) is 4.38. The van der Waals surface area contributed by atoms with Gasteiger partial charge in [-0.3, -0.25) is 4.98 Å². The van der Waals surface area contributed by atoms with Gasteiger partial charge < -0.3 is 10.6 Å².